The highest BCUT2D eigenvalue weighted by Crippen LogP contribution is 2.46. The van der Waals surface area contributed by atoms with Gasteiger partial charge in [-0.25, -0.2) is 18.2 Å². The van der Waals surface area contributed by atoms with Gasteiger partial charge in [0.2, 0.25) is 27.7 Å². The maximum absolute atomic E-state index is 15.0. The van der Waals surface area contributed by atoms with Crippen molar-refractivity contribution in [3.63, 3.8) is 0 Å². The lowest BCUT2D eigenvalue weighted by atomic mass is 9.85. The summed E-state index contributed by atoms with van der Waals surface area (Å²) in [7, 11) is -3.92. The van der Waals surface area contributed by atoms with Crippen LogP contribution >= 0.6 is 0 Å². The van der Waals surface area contributed by atoms with Crippen LogP contribution in [0, 0.1) is 17.3 Å². The Balaban J connectivity index is 1.15. The van der Waals surface area contributed by atoms with Crippen LogP contribution in [0.3, 0.4) is 0 Å². The fourth-order valence-corrected chi connectivity index (χ4v) is 11.2. The Morgan fingerprint density at radius 3 is 2.54 bits per heavy atom. The lowest BCUT2D eigenvalue weighted by Gasteiger charge is -2.35. The molecule has 1 aromatic heterocycles. The molecule has 0 radical (unpaired) electrons. The SMILES string of the molecule is C=C[C@@H]1C[C@]1(NC(=O)[C@@H]1C[C@@H]2CN1C(=O)[C@H](C(C)(C)C)NC(=O)O[C@@H]1CCC[C@H]1CC/C=C/Cc1c(nc3ccccc3c1OCCN1CCCCC1)O2)C(=O)NS(=O)(=O)C1CC1. The van der Waals surface area contributed by atoms with Crippen LogP contribution in [0.5, 0.6) is 11.6 Å². The maximum atomic E-state index is 15.0. The first-order valence-corrected chi connectivity index (χ1v) is 24.6. The molecule has 63 heavy (non-hydrogen) atoms. The summed E-state index contributed by atoms with van der Waals surface area (Å²) in [5, 5.41) is 5.95. The number of amides is 4. The number of fused-ring (bicyclic) bond motifs is 5. The van der Waals surface area contributed by atoms with Gasteiger partial charge in [-0.15, -0.1) is 6.58 Å². The molecule has 3 saturated carbocycles. The van der Waals surface area contributed by atoms with Crippen LogP contribution in [0.2, 0.25) is 0 Å². The normalized spacial score (nSPS) is 30.0. The second-order valence-corrected chi connectivity index (χ2v) is 21.4. The van der Waals surface area contributed by atoms with Crippen LogP contribution in [-0.4, -0.2) is 115 Å². The number of hydrogen-bond donors (Lipinski definition) is 3. The molecular weight excluding hydrogens is 825 g/mol. The van der Waals surface area contributed by atoms with Gasteiger partial charge in [-0.2, -0.15) is 0 Å². The summed E-state index contributed by atoms with van der Waals surface area (Å²) in [6, 6.07) is 5.53. The number of carbonyl (C=O) groups excluding carboxylic acids is 4. The first-order valence-electron chi connectivity index (χ1n) is 23.0. The van der Waals surface area contributed by atoms with Gasteiger partial charge < -0.3 is 29.7 Å². The number of likely N-dealkylation sites (tertiary alicyclic amines) is 1. The average Bonchev–Trinajstić information content (AvgIpc) is 4.15. The number of aromatic nitrogens is 1. The number of ether oxygens (including phenoxy) is 3. The van der Waals surface area contributed by atoms with E-state index in [1.165, 1.54) is 30.2 Å². The average molecular weight is 889 g/mol. The van der Waals surface area contributed by atoms with Crippen molar-refractivity contribution in [3.05, 3.63) is 54.6 Å². The number of pyridine rings is 1. The minimum Gasteiger partial charge on any atom is -0.491 e. The van der Waals surface area contributed by atoms with E-state index in [1.807, 2.05) is 45.0 Å². The molecule has 2 saturated heterocycles. The molecule has 15 nitrogen and oxygen atoms in total. The van der Waals surface area contributed by atoms with E-state index < -0.39 is 74.1 Å². The number of carbonyl (C=O) groups is 4. The van der Waals surface area contributed by atoms with Crippen LogP contribution in [0.15, 0.2) is 49.1 Å². The first kappa shape index (κ1) is 44.9. The largest absolute Gasteiger partial charge is 0.491 e. The van der Waals surface area contributed by atoms with Crippen LogP contribution in [0.4, 0.5) is 4.79 Å². The molecule has 4 heterocycles. The van der Waals surface area contributed by atoms with Crippen molar-refractivity contribution in [2.24, 2.45) is 17.3 Å². The van der Waals surface area contributed by atoms with Crippen molar-refractivity contribution >= 4 is 44.7 Å². The third kappa shape index (κ3) is 10.0. The topological polar surface area (TPSA) is 186 Å². The fraction of sp³-hybridized carbons (Fsp3) is 0.638. The second-order valence-electron chi connectivity index (χ2n) is 19.5. The fourth-order valence-electron chi connectivity index (χ4n) is 9.88. The summed E-state index contributed by atoms with van der Waals surface area (Å²) in [6.07, 6.45) is 13.4. The minimum atomic E-state index is -3.92. The highest BCUT2D eigenvalue weighted by Gasteiger charge is 2.62. The molecule has 4 amide bonds. The summed E-state index contributed by atoms with van der Waals surface area (Å²) in [6.45, 7) is 12.6. The Hall–Kier alpha value is -4.70. The van der Waals surface area contributed by atoms with Gasteiger partial charge in [0, 0.05) is 24.3 Å². The number of nitrogens with one attached hydrogen (secondary N) is 3. The quantitative estimate of drug-likeness (QED) is 0.263. The van der Waals surface area contributed by atoms with Crippen LogP contribution in [0.25, 0.3) is 10.9 Å². The summed E-state index contributed by atoms with van der Waals surface area (Å²) in [5.74, 6) is -1.34. The van der Waals surface area contributed by atoms with E-state index in [1.54, 1.807) is 0 Å². The van der Waals surface area contributed by atoms with Crippen molar-refractivity contribution in [1.29, 1.82) is 0 Å². The van der Waals surface area contributed by atoms with Crippen molar-refractivity contribution in [2.75, 3.05) is 32.8 Å². The molecule has 3 aliphatic carbocycles. The van der Waals surface area contributed by atoms with E-state index in [0.29, 0.717) is 43.0 Å². The number of allylic oxidation sites excluding steroid dienone is 2. The summed E-state index contributed by atoms with van der Waals surface area (Å²) < 4.78 is 47.6. The van der Waals surface area contributed by atoms with Gasteiger partial charge in [-0.3, -0.25) is 24.0 Å². The van der Waals surface area contributed by atoms with Crippen LogP contribution in [-0.2, 0) is 35.6 Å². The molecule has 3 N–H and O–H groups in total. The number of para-hydroxylation sites is 1. The molecule has 6 aliphatic rings. The molecule has 8 rings (SSSR count). The van der Waals surface area contributed by atoms with Crippen molar-refractivity contribution in [2.45, 2.75) is 139 Å². The van der Waals surface area contributed by atoms with Gasteiger partial charge in [-0.05, 0) is 107 Å². The summed E-state index contributed by atoms with van der Waals surface area (Å²) >= 11 is 0. The number of rotatable bonds is 10. The number of hydrogen-bond acceptors (Lipinski definition) is 11. The van der Waals surface area contributed by atoms with Gasteiger partial charge in [0.15, 0.2) is 0 Å². The monoisotopic (exact) mass is 888 g/mol. The van der Waals surface area contributed by atoms with E-state index in [0.717, 1.165) is 62.7 Å². The van der Waals surface area contributed by atoms with E-state index in [9.17, 15) is 27.6 Å². The van der Waals surface area contributed by atoms with Gasteiger partial charge >= 0.3 is 6.09 Å². The molecule has 1 aromatic carbocycles. The standard InChI is InChI=1S/C47H64N6O9S/c1-5-31-28-47(31,44(56)51-63(58,59)33-21-22-33)50-41(54)37-27-32-29-53(37)43(55)40(46(2,3)4)49-45(57)62-38-20-14-16-30(38)15-8-6-9-18-35-39(60-26-25-52-23-12-7-13-24-52)34-17-10-11-19-36(34)48-42(35)61-32/h5-6,9-11,17,19,30-33,37-38,40H,1,7-8,12-16,18,20-29H2,2-4H3,(H,49,57)(H,50,54)(H,51,56)/b9-6+/t30-,31-,32-,37+,38-,40-,47-/m1/s1. The first-order chi connectivity index (χ1) is 30.2. The maximum Gasteiger partial charge on any atom is 0.408 e. The minimum absolute atomic E-state index is 0.0222. The molecule has 16 heteroatoms. The predicted molar refractivity (Wildman–Crippen MR) is 237 cm³/mol. The smallest absolute Gasteiger partial charge is 0.408 e. The molecule has 0 unspecified atom stereocenters. The number of sulfonamides is 1. The van der Waals surface area contributed by atoms with E-state index >= 15 is 0 Å². The molecule has 0 spiro atoms. The van der Waals surface area contributed by atoms with Gasteiger partial charge in [0.1, 0.15) is 42.2 Å². The number of nitrogens with zero attached hydrogens (tertiary/aromatic N) is 3. The van der Waals surface area contributed by atoms with Crippen LogP contribution in [0.1, 0.15) is 103 Å². The molecular formula is C47H64N6O9S. The summed E-state index contributed by atoms with van der Waals surface area (Å²) in [5.41, 5.74) is -0.940. The summed E-state index contributed by atoms with van der Waals surface area (Å²) in [4.78, 5) is 65.9. The number of alkyl carbamates (subject to hydrolysis) is 1. The molecule has 5 fully saturated rings. The Bertz CT molecular complexity index is 2220. The van der Waals surface area contributed by atoms with Crippen molar-refractivity contribution in [3.8, 4) is 11.6 Å². The third-order valence-electron chi connectivity index (χ3n) is 13.8. The van der Waals surface area contributed by atoms with E-state index in [4.69, 9.17) is 19.2 Å². The van der Waals surface area contributed by atoms with E-state index in [-0.39, 0.29) is 31.4 Å². The molecule has 3 aliphatic heterocycles. The molecule has 2 bridgehead atoms. The Morgan fingerprint density at radius 1 is 1.03 bits per heavy atom. The highest BCUT2D eigenvalue weighted by molar-refractivity contribution is 7.91. The lowest BCUT2D eigenvalue weighted by molar-refractivity contribution is -0.143. The zero-order valence-corrected chi connectivity index (χ0v) is 37.8. The Morgan fingerprint density at radius 2 is 1.81 bits per heavy atom. The zero-order chi connectivity index (χ0) is 44.5. The van der Waals surface area contributed by atoms with Crippen LogP contribution < -0.4 is 24.8 Å². The van der Waals surface area contributed by atoms with E-state index in [2.05, 4.69) is 39.0 Å². The number of piperidine rings is 1. The lowest BCUT2D eigenvalue weighted by Crippen LogP contribution is -2.60. The van der Waals surface area contributed by atoms with Crippen molar-refractivity contribution in [1.82, 2.24) is 30.1 Å². The molecule has 2 aromatic rings. The highest BCUT2D eigenvalue weighted by atomic mass is 32.2. The predicted octanol–water partition coefficient (Wildman–Crippen LogP) is 5.32. The van der Waals surface area contributed by atoms with Crippen molar-refractivity contribution < 1.29 is 41.8 Å². The zero-order valence-electron chi connectivity index (χ0n) is 36.9. The Labute approximate surface area is 371 Å². The van der Waals surface area contributed by atoms with Gasteiger partial charge in [-0.1, -0.05) is 57.6 Å². The molecule has 7 atom stereocenters. The second kappa shape index (κ2) is 18.4. The number of benzene rings is 1. The Kier molecular flexibility index (Phi) is 13.1. The third-order valence-corrected chi connectivity index (χ3v) is 15.6. The van der Waals surface area contributed by atoms with Gasteiger partial charge in [0.25, 0.3) is 5.91 Å². The molecule has 342 valence electrons. The van der Waals surface area contributed by atoms with Gasteiger partial charge in [0.05, 0.1) is 22.9 Å².